The topological polar surface area (TPSA) is 86.8 Å². The molecule has 20 heavy (non-hydrogen) atoms. The van der Waals surface area contributed by atoms with Crippen LogP contribution < -0.4 is 5.73 Å². The van der Waals surface area contributed by atoms with Crippen LogP contribution in [0.1, 0.15) is 9.67 Å². The summed E-state index contributed by atoms with van der Waals surface area (Å²) in [5, 5.41) is 20.2. The molecule has 2 unspecified atom stereocenters. The molecule has 0 spiro atoms. The quantitative estimate of drug-likeness (QED) is 0.741. The number of β-amino-alcohol motifs (C(OH)–C–C–N with tert-alkyl or cyclic N) is 2. The number of hydrogen-bond donors (Lipinski definition) is 3. The highest BCUT2D eigenvalue weighted by atomic mass is 35.5. The molecule has 5 nitrogen and oxygen atoms in total. The zero-order chi connectivity index (χ0) is 14.4. The van der Waals surface area contributed by atoms with Gasteiger partial charge in [-0.1, -0.05) is 17.7 Å². The minimum Gasteiger partial charge on any atom is -0.397 e. The van der Waals surface area contributed by atoms with Crippen molar-refractivity contribution in [2.75, 3.05) is 18.8 Å². The van der Waals surface area contributed by atoms with E-state index in [1.165, 1.54) is 16.2 Å². The summed E-state index contributed by atoms with van der Waals surface area (Å²) in [5.41, 5.74) is 6.39. The van der Waals surface area contributed by atoms with Crippen LogP contribution in [0.25, 0.3) is 10.1 Å². The second kappa shape index (κ2) is 4.89. The van der Waals surface area contributed by atoms with Crippen LogP contribution in [0.2, 0.25) is 5.02 Å². The van der Waals surface area contributed by atoms with Crippen LogP contribution in [0.4, 0.5) is 5.69 Å². The molecular formula is C13H13ClN2O3S. The van der Waals surface area contributed by atoms with E-state index in [0.717, 1.165) is 4.70 Å². The maximum atomic E-state index is 12.4. The molecule has 1 fully saturated rings. The first-order valence-corrected chi connectivity index (χ1v) is 7.30. The number of thiophene rings is 1. The van der Waals surface area contributed by atoms with Crippen molar-refractivity contribution in [3.05, 3.63) is 28.1 Å². The number of amides is 1. The predicted molar refractivity (Wildman–Crippen MR) is 79.2 cm³/mol. The van der Waals surface area contributed by atoms with Crippen molar-refractivity contribution in [3.63, 3.8) is 0 Å². The fourth-order valence-electron chi connectivity index (χ4n) is 2.37. The molecule has 106 valence electrons. The van der Waals surface area contributed by atoms with Gasteiger partial charge in [0.15, 0.2) is 0 Å². The number of aliphatic hydroxyl groups is 2. The fourth-order valence-corrected chi connectivity index (χ4v) is 3.82. The van der Waals surface area contributed by atoms with Gasteiger partial charge in [-0.3, -0.25) is 4.79 Å². The Hall–Kier alpha value is -1.34. The highest BCUT2D eigenvalue weighted by Crippen LogP contribution is 2.38. The highest BCUT2D eigenvalue weighted by Gasteiger charge is 2.34. The van der Waals surface area contributed by atoms with E-state index in [0.29, 0.717) is 21.0 Å². The molecule has 1 amide bonds. The number of carbonyl (C=O) groups is 1. The van der Waals surface area contributed by atoms with E-state index in [-0.39, 0.29) is 19.0 Å². The predicted octanol–water partition coefficient (Wildman–Crippen LogP) is 1.31. The van der Waals surface area contributed by atoms with Crippen molar-refractivity contribution in [1.82, 2.24) is 4.90 Å². The molecule has 2 atom stereocenters. The van der Waals surface area contributed by atoms with Crippen LogP contribution in [-0.2, 0) is 0 Å². The normalized spacial score (nSPS) is 22.6. The molecule has 4 N–H and O–H groups in total. The zero-order valence-electron chi connectivity index (χ0n) is 10.4. The van der Waals surface area contributed by atoms with Crippen LogP contribution in [0, 0.1) is 0 Å². The number of aliphatic hydroxyl groups excluding tert-OH is 2. The molecule has 1 saturated heterocycles. The van der Waals surface area contributed by atoms with E-state index < -0.39 is 12.2 Å². The van der Waals surface area contributed by atoms with Gasteiger partial charge in [-0.15, -0.1) is 11.3 Å². The number of nitrogen functional groups attached to an aromatic ring is 1. The number of rotatable bonds is 1. The Morgan fingerprint density at radius 1 is 1.35 bits per heavy atom. The molecule has 2 heterocycles. The van der Waals surface area contributed by atoms with Gasteiger partial charge in [0, 0.05) is 23.2 Å². The van der Waals surface area contributed by atoms with E-state index in [1.807, 2.05) is 6.07 Å². The highest BCUT2D eigenvalue weighted by molar-refractivity contribution is 7.21. The molecule has 7 heteroatoms. The third kappa shape index (κ3) is 2.05. The van der Waals surface area contributed by atoms with Gasteiger partial charge in [0.2, 0.25) is 0 Å². The lowest BCUT2D eigenvalue weighted by Crippen LogP contribution is -2.29. The Morgan fingerprint density at radius 3 is 2.60 bits per heavy atom. The Bertz CT molecular complexity index is 678. The number of halogens is 1. The monoisotopic (exact) mass is 312 g/mol. The molecule has 1 aliphatic rings. The summed E-state index contributed by atoms with van der Waals surface area (Å²) in [5.74, 6) is -0.282. The molecule has 0 bridgehead atoms. The first kappa shape index (κ1) is 13.6. The number of nitrogens with two attached hydrogens (primary N) is 1. The number of anilines is 1. The number of nitrogens with zero attached hydrogens (tertiary/aromatic N) is 1. The first-order valence-electron chi connectivity index (χ1n) is 6.11. The summed E-state index contributed by atoms with van der Waals surface area (Å²) in [4.78, 5) is 14.2. The number of hydrogen-bond acceptors (Lipinski definition) is 5. The van der Waals surface area contributed by atoms with Gasteiger partial charge in [0.1, 0.15) is 4.88 Å². The molecular weight excluding hydrogens is 300 g/mol. The van der Waals surface area contributed by atoms with Crippen molar-refractivity contribution in [2.24, 2.45) is 0 Å². The first-order chi connectivity index (χ1) is 9.49. The number of fused-ring (bicyclic) bond motifs is 1. The fraction of sp³-hybridized carbons (Fsp3) is 0.308. The second-order valence-electron chi connectivity index (χ2n) is 4.80. The lowest BCUT2D eigenvalue weighted by molar-refractivity contribution is 0.0572. The average Bonchev–Trinajstić information content (AvgIpc) is 2.91. The summed E-state index contributed by atoms with van der Waals surface area (Å²) in [6.45, 7) is 0.225. The van der Waals surface area contributed by atoms with E-state index in [2.05, 4.69) is 0 Å². The average molecular weight is 313 g/mol. The van der Waals surface area contributed by atoms with Crippen molar-refractivity contribution in [2.45, 2.75) is 12.2 Å². The third-order valence-corrected chi connectivity index (χ3v) is 4.92. The molecule has 2 aromatic rings. The molecule has 3 rings (SSSR count). The summed E-state index contributed by atoms with van der Waals surface area (Å²) in [6, 6.07) is 5.38. The molecule has 0 saturated carbocycles. The second-order valence-corrected chi connectivity index (χ2v) is 6.26. The van der Waals surface area contributed by atoms with Crippen molar-refractivity contribution < 1.29 is 15.0 Å². The maximum Gasteiger partial charge on any atom is 0.266 e. The lowest BCUT2D eigenvalue weighted by Gasteiger charge is -2.14. The van der Waals surface area contributed by atoms with E-state index in [9.17, 15) is 15.0 Å². The van der Waals surface area contributed by atoms with Gasteiger partial charge < -0.3 is 20.8 Å². The molecule has 1 aliphatic heterocycles. The van der Waals surface area contributed by atoms with Gasteiger partial charge in [-0.25, -0.2) is 0 Å². The van der Waals surface area contributed by atoms with Gasteiger partial charge in [-0.2, -0.15) is 0 Å². The number of likely N-dealkylation sites (tertiary alicyclic amines) is 1. The maximum absolute atomic E-state index is 12.4. The minimum atomic E-state index is -0.904. The standard InChI is InChI=1S/C13H13ClN2O3S/c14-6-2-1-3-9-10(6)11(15)12(20-9)13(19)16-4-7(17)8(18)5-16/h1-3,7-8,17-18H,4-5,15H2. The third-order valence-electron chi connectivity index (χ3n) is 3.44. The number of benzene rings is 1. The van der Waals surface area contributed by atoms with E-state index in [1.54, 1.807) is 12.1 Å². The van der Waals surface area contributed by atoms with Crippen molar-refractivity contribution >= 4 is 44.6 Å². The number of carbonyl (C=O) groups excluding carboxylic acids is 1. The van der Waals surface area contributed by atoms with Gasteiger partial charge >= 0.3 is 0 Å². The molecule has 0 aliphatic carbocycles. The smallest absolute Gasteiger partial charge is 0.266 e. The largest absolute Gasteiger partial charge is 0.397 e. The van der Waals surface area contributed by atoms with Gasteiger partial charge in [0.25, 0.3) is 5.91 Å². The van der Waals surface area contributed by atoms with E-state index >= 15 is 0 Å². The van der Waals surface area contributed by atoms with Crippen molar-refractivity contribution in [3.8, 4) is 0 Å². The Morgan fingerprint density at radius 2 is 2.00 bits per heavy atom. The van der Waals surface area contributed by atoms with E-state index in [4.69, 9.17) is 17.3 Å². The summed E-state index contributed by atoms with van der Waals surface area (Å²) < 4.78 is 0.846. The van der Waals surface area contributed by atoms with Crippen LogP contribution >= 0.6 is 22.9 Å². The van der Waals surface area contributed by atoms with Gasteiger partial charge in [-0.05, 0) is 12.1 Å². The Balaban J connectivity index is 2.01. The minimum absolute atomic E-state index is 0.113. The lowest BCUT2D eigenvalue weighted by atomic mass is 10.2. The zero-order valence-corrected chi connectivity index (χ0v) is 12.0. The van der Waals surface area contributed by atoms with Crippen molar-refractivity contribution in [1.29, 1.82) is 0 Å². The molecule has 0 radical (unpaired) electrons. The van der Waals surface area contributed by atoms with Gasteiger partial charge in [0.05, 0.1) is 22.9 Å². The van der Waals surface area contributed by atoms with Crippen LogP contribution in [0.15, 0.2) is 18.2 Å². The molecule has 1 aromatic carbocycles. The summed E-state index contributed by atoms with van der Waals surface area (Å²) >= 11 is 7.38. The molecule has 1 aromatic heterocycles. The van der Waals surface area contributed by atoms with Crippen LogP contribution in [-0.4, -0.2) is 46.3 Å². The summed E-state index contributed by atoms with van der Waals surface area (Å²) in [7, 11) is 0. The summed E-state index contributed by atoms with van der Waals surface area (Å²) in [6.07, 6.45) is -1.81. The van der Waals surface area contributed by atoms with Crippen LogP contribution in [0.5, 0.6) is 0 Å². The SMILES string of the molecule is Nc1c(C(=O)N2CC(O)C(O)C2)sc2cccc(Cl)c12. The van der Waals surface area contributed by atoms with Crippen LogP contribution in [0.3, 0.4) is 0 Å². The Kier molecular flexibility index (Phi) is 3.33. The Labute approximate surface area is 124 Å².